The summed E-state index contributed by atoms with van der Waals surface area (Å²) in [6, 6.07) is 17.4. The number of ketones is 1. The Hall–Kier alpha value is -7.52. The summed E-state index contributed by atoms with van der Waals surface area (Å²) in [4.78, 5) is 144. The number of nitrogens with one attached hydrogen (secondary N) is 2. The minimum absolute atomic E-state index is 0.00681. The van der Waals surface area contributed by atoms with Crippen molar-refractivity contribution in [2.24, 2.45) is 47.2 Å². The maximum atomic E-state index is 14.3. The van der Waals surface area contributed by atoms with E-state index in [4.69, 9.17) is 29.8 Å². The predicted octanol–water partition coefficient (Wildman–Crippen LogP) is 11.4. The molecule has 0 unspecified atom stereocenters. The smallest absolute Gasteiger partial charge is 0.323 e. The number of methoxy groups -OCH3 is 2. The van der Waals surface area contributed by atoms with E-state index < -0.39 is 76.8 Å². The van der Waals surface area contributed by atoms with Crippen LogP contribution in [0.4, 0.5) is 0 Å². The molecule has 5 N–H and O–H groups in total. The van der Waals surface area contributed by atoms with Crippen LogP contribution in [0.1, 0.15) is 222 Å². The van der Waals surface area contributed by atoms with E-state index in [-0.39, 0.29) is 102 Å². The molecule has 2 aliphatic heterocycles. The highest BCUT2D eigenvalue weighted by Gasteiger charge is 2.45. The van der Waals surface area contributed by atoms with Crippen LogP contribution < -0.4 is 16.4 Å². The highest BCUT2D eigenvalue weighted by Crippen LogP contribution is 2.37. The first kappa shape index (κ1) is 89.9. The van der Waals surface area contributed by atoms with Gasteiger partial charge < -0.3 is 50.2 Å². The first-order valence-electron chi connectivity index (χ1n) is 37.0. The number of carbonyl (C=O) groups is 10. The number of likely N-dealkylation sites (N-methyl/N-ethyl adjacent to an activating group) is 3. The molecule has 4 heterocycles. The van der Waals surface area contributed by atoms with Crippen LogP contribution in [0.5, 0.6) is 0 Å². The number of aromatic nitrogens is 2. The topological polar surface area (TPSA) is 317 Å². The Morgan fingerprint density at radius 3 is 1.30 bits per heavy atom. The molecule has 26 heteroatoms. The molecule has 0 radical (unpaired) electrons. The van der Waals surface area contributed by atoms with E-state index in [9.17, 15) is 47.9 Å². The van der Waals surface area contributed by atoms with Crippen LogP contribution in [0.15, 0.2) is 71.4 Å². The van der Waals surface area contributed by atoms with Crippen LogP contribution in [-0.2, 0) is 70.1 Å². The number of carbonyl (C=O) groups excluding carboxylic acids is 9. The number of hydrogen-bond donors (Lipinski definition) is 4. The van der Waals surface area contributed by atoms with Crippen LogP contribution in [0, 0.1) is 41.4 Å². The molecule has 105 heavy (non-hydrogen) atoms. The third kappa shape index (κ3) is 26.4. The van der Waals surface area contributed by atoms with Gasteiger partial charge in [-0.2, -0.15) is 0 Å². The Bertz CT molecular complexity index is 3460. The number of likely N-dealkylation sites (tertiary alicyclic amines) is 2. The Morgan fingerprint density at radius 2 is 0.971 bits per heavy atom. The van der Waals surface area contributed by atoms with Gasteiger partial charge in [0.25, 0.3) is 11.8 Å². The number of carboxylic acid groups (broad SMARTS) is 1. The number of hydrogen-bond acceptors (Lipinski definition) is 21. The van der Waals surface area contributed by atoms with Gasteiger partial charge in [-0.05, 0) is 127 Å². The van der Waals surface area contributed by atoms with E-state index in [1.165, 1.54) is 50.7 Å². The lowest BCUT2D eigenvalue weighted by molar-refractivity contribution is -0.150. The Balaban J connectivity index is 0.000000396. The zero-order chi connectivity index (χ0) is 78.8. The summed E-state index contributed by atoms with van der Waals surface area (Å²) in [5.74, 6) is -4.66. The second kappa shape index (κ2) is 42.7. The van der Waals surface area contributed by atoms with Crippen LogP contribution in [-0.4, -0.2) is 191 Å². The first-order chi connectivity index (χ1) is 49.4. The van der Waals surface area contributed by atoms with Gasteiger partial charge in [-0.3, -0.25) is 57.7 Å². The van der Waals surface area contributed by atoms with Gasteiger partial charge in [-0.25, -0.2) is 9.97 Å². The van der Waals surface area contributed by atoms with E-state index >= 15 is 0 Å². The summed E-state index contributed by atoms with van der Waals surface area (Å²) >= 11 is 2.43. The summed E-state index contributed by atoms with van der Waals surface area (Å²) < 4.78 is 21.3. The molecule has 0 saturated carbocycles. The van der Waals surface area contributed by atoms with E-state index in [0.717, 1.165) is 62.7 Å². The number of nitrogens with zero attached hydrogens (tertiary/aromatic N) is 6. The largest absolute Gasteiger partial charge is 0.480 e. The molecule has 4 aromatic rings. The number of rotatable bonds is 36. The third-order valence-electron chi connectivity index (χ3n) is 21.3. The fourth-order valence-corrected chi connectivity index (χ4v) is 15.3. The molecule has 14 atom stereocenters. The molecule has 2 saturated heterocycles. The summed E-state index contributed by atoms with van der Waals surface area (Å²) in [5, 5.41) is 19.0. The molecule has 0 bridgehead atoms. The standard InChI is InChI=1S/C40H60N4O7S.C32H48N4O6S.C7H13NO2/c1-11-26(4)31(22-35(46)40(7)18-15-19-43(40)8)38(48)44(9)33(25(2)3)23-34(51-28(6)45)37-42-32(24-52-37)36(47)41-30(20-27(5)39(49)50-10)21-29-16-13-12-14-17-29;1-9-20(4)28(33)31(39)36(7)26(19(2)3)17-27(42-22(6)37)30-35-25(18-43-30)29(38)34-24(15-21(5)32(40)41-8)16-23-13-11-10-12-14-23;1-7(6(9)10)4-3-5-8(7)2/h12-14,16-17,24-27,30-31,33-34H,11,15,18-23H2,1-10H3,(H,41,47);10-14,18-21,24,26-28H,9,15-17,33H2,1-8H3,(H,34,38);3-5H2,1-2H3,(H,9,10)/t26-,27-,30+,31-,33+,34+,40-;20-,21-,24+,26+,27+,28-;7-/m000/s1. The number of amides is 4. The third-order valence-corrected chi connectivity index (χ3v) is 23.2. The fourth-order valence-electron chi connectivity index (χ4n) is 13.6. The van der Waals surface area contributed by atoms with Crippen molar-refractivity contribution in [3.05, 3.63) is 104 Å². The van der Waals surface area contributed by atoms with Crippen molar-refractivity contribution in [2.75, 3.05) is 55.5 Å². The number of Topliss-reactive ketones (excluding diaryl/α,β-unsaturated/α-hetero) is 1. The van der Waals surface area contributed by atoms with Crippen LogP contribution in [0.3, 0.4) is 0 Å². The number of carboxylic acids is 1. The van der Waals surface area contributed by atoms with Crippen molar-refractivity contribution in [1.29, 1.82) is 0 Å². The van der Waals surface area contributed by atoms with Crippen molar-refractivity contribution >= 4 is 81.9 Å². The van der Waals surface area contributed by atoms with Gasteiger partial charge in [0.05, 0.1) is 37.6 Å². The second-order valence-electron chi connectivity index (χ2n) is 29.8. The number of nitrogens with two attached hydrogens (primary N) is 1. The van der Waals surface area contributed by atoms with E-state index in [1.807, 2.05) is 142 Å². The van der Waals surface area contributed by atoms with Gasteiger partial charge in [0.2, 0.25) is 11.8 Å². The lowest BCUT2D eigenvalue weighted by atomic mass is 9.80. The minimum atomic E-state index is -0.805. The number of aliphatic carboxylic acids is 1. The van der Waals surface area contributed by atoms with Crippen molar-refractivity contribution in [1.82, 2.24) is 40.2 Å². The van der Waals surface area contributed by atoms with Gasteiger partial charge in [0.1, 0.15) is 26.9 Å². The summed E-state index contributed by atoms with van der Waals surface area (Å²) in [6.45, 7) is 27.7. The fraction of sp³-hybridized carbons (Fsp3) is 0.646. The SMILES string of the molecule is CC[C@H](C)[C@H](CC(=O)[C@]1(C)CCCN1C)C(=O)N(C)[C@H](C[C@@H](OC(C)=O)c1nc(C(=O)N[C@@H](Cc2ccccc2)C[C@H](C)C(=O)OC)cs1)C(C)C.CC[C@H](C)[C@H](N)C(=O)N(C)[C@H](C[C@@H](OC(C)=O)c1nc(C(=O)N[C@@H](Cc2ccccc2)C[C@H](C)C(=O)OC)cs1)C(C)C.CN1CCC[C@@]1(C)C(=O)O. The maximum Gasteiger partial charge on any atom is 0.323 e. The Kier molecular flexibility index (Phi) is 36.6. The molecular weight excluding hydrogens is 1380 g/mol. The number of thiazole rings is 2. The highest BCUT2D eigenvalue weighted by atomic mass is 32.1. The zero-order valence-electron chi connectivity index (χ0n) is 65.9. The molecular formula is C79H121N9O15S2. The quantitative estimate of drug-likeness (QED) is 0.0243. The van der Waals surface area contributed by atoms with E-state index in [1.54, 1.807) is 55.4 Å². The summed E-state index contributed by atoms with van der Waals surface area (Å²) in [7, 11) is 10.0. The highest BCUT2D eigenvalue weighted by molar-refractivity contribution is 7.10. The van der Waals surface area contributed by atoms with Crippen LogP contribution in [0.25, 0.3) is 0 Å². The molecule has 2 aromatic heterocycles. The Morgan fingerprint density at radius 1 is 0.590 bits per heavy atom. The van der Waals surface area contributed by atoms with Gasteiger partial charge in [-0.1, -0.05) is 143 Å². The van der Waals surface area contributed by atoms with Crippen molar-refractivity contribution < 1.29 is 72.0 Å². The summed E-state index contributed by atoms with van der Waals surface area (Å²) in [5.41, 5.74) is 7.48. The van der Waals surface area contributed by atoms with Crippen molar-refractivity contribution in [3.63, 3.8) is 0 Å². The second-order valence-corrected chi connectivity index (χ2v) is 31.6. The average molecular weight is 1500 g/mol. The molecule has 2 fully saturated rings. The van der Waals surface area contributed by atoms with Crippen molar-refractivity contribution in [2.45, 2.75) is 234 Å². The molecule has 6 rings (SSSR count). The van der Waals surface area contributed by atoms with Crippen LogP contribution >= 0.6 is 22.7 Å². The van der Waals surface area contributed by atoms with E-state index in [2.05, 4.69) is 25.5 Å². The number of benzene rings is 2. The molecule has 0 spiro atoms. The lowest BCUT2D eigenvalue weighted by Crippen LogP contribution is -2.51. The predicted molar refractivity (Wildman–Crippen MR) is 408 cm³/mol. The molecule has 2 aromatic carbocycles. The van der Waals surface area contributed by atoms with Gasteiger partial charge in [-0.15, -0.1) is 22.7 Å². The Labute approximate surface area is 631 Å². The average Bonchev–Trinajstić information content (AvgIpc) is 1.76. The molecule has 2 aliphatic rings. The maximum absolute atomic E-state index is 14.3. The molecule has 4 amide bonds. The normalized spacial score (nSPS) is 19.3. The zero-order valence-corrected chi connectivity index (χ0v) is 67.5. The molecule has 0 aliphatic carbocycles. The lowest BCUT2D eigenvalue weighted by Gasteiger charge is -2.38. The first-order valence-corrected chi connectivity index (χ1v) is 38.7. The minimum Gasteiger partial charge on any atom is -0.480 e. The number of ether oxygens (including phenoxy) is 4. The van der Waals surface area contributed by atoms with Gasteiger partial charge >= 0.3 is 29.8 Å². The molecule has 584 valence electrons. The van der Waals surface area contributed by atoms with E-state index in [0.29, 0.717) is 42.1 Å². The van der Waals surface area contributed by atoms with Crippen molar-refractivity contribution in [3.8, 4) is 0 Å². The number of esters is 4. The van der Waals surface area contributed by atoms with Gasteiger partial charge in [0.15, 0.2) is 18.0 Å². The molecule has 24 nitrogen and oxygen atoms in total. The van der Waals surface area contributed by atoms with Gasteiger partial charge in [0, 0.05) is 88.1 Å². The van der Waals surface area contributed by atoms with Crippen LogP contribution in [0.2, 0.25) is 0 Å². The summed E-state index contributed by atoms with van der Waals surface area (Å²) in [6.07, 6.45) is 6.01. The monoisotopic (exact) mass is 1500 g/mol.